The van der Waals surface area contributed by atoms with E-state index < -0.39 is 26.7 Å². The minimum absolute atomic E-state index is 0.0836. The van der Waals surface area contributed by atoms with E-state index in [1.165, 1.54) is 23.6 Å². The molecule has 1 aromatic carbocycles. The van der Waals surface area contributed by atoms with Crippen LogP contribution in [0, 0.1) is 17.1 Å². The van der Waals surface area contributed by atoms with Gasteiger partial charge in [-0.3, -0.25) is 19.1 Å². The monoisotopic (exact) mass is 459 g/mol. The van der Waals surface area contributed by atoms with E-state index in [9.17, 15) is 13.5 Å². The average Bonchev–Trinajstić information content (AvgIpc) is 3.09. The van der Waals surface area contributed by atoms with Gasteiger partial charge in [0.25, 0.3) is 0 Å². The number of thiophene rings is 1. The maximum absolute atomic E-state index is 14.9. The Hall–Kier alpha value is -2.71. The van der Waals surface area contributed by atoms with Crippen LogP contribution in [0.25, 0.3) is 10.2 Å². The number of fused-ring (bicyclic) bond motifs is 1. The van der Waals surface area contributed by atoms with Gasteiger partial charge < -0.3 is 11.1 Å². The van der Waals surface area contributed by atoms with Crippen molar-refractivity contribution in [2.45, 2.75) is 31.1 Å². The Bertz CT molecular complexity index is 1260. The SMILES string of the molecule is CC1(C)C(N)=N[C@](C)(c2cc(Nc3csc4cc(C#N)cnc34)ccc2F)CS1(O)O. The first-order valence-electron chi connectivity index (χ1n) is 9.42. The molecule has 0 spiro atoms. The van der Waals surface area contributed by atoms with Gasteiger partial charge in [-0.1, -0.05) is 0 Å². The van der Waals surface area contributed by atoms with Crippen molar-refractivity contribution < 1.29 is 13.5 Å². The third-order valence-electron chi connectivity index (χ3n) is 5.65. The molecule has 0 radical (unpaired) electrons. The summed E-state index contributed by atoms with van der Waals surface area (Å²) in [6, 6.07) is 8.34. The maximum atomic E-state index is 14.9. The van der Waals surface area contributed by atoms with Gasteiger partial charge in [-0.25, -0.2) is 4.39 Å². The Labute approximate surface area is 184 Å². The van der Waals surface area contributed by atoms with E-state index in [1.807, 2.05) is 5.38 Å². The lowest BCUT2D eigenvalue weighted by Gasteiger charge is -2.53. The van der Waals surface area contributed by atoms with E-state index in [-0.39, 0.29) is 17.2 Å². The molecule has 7 nitrogen and oxygen atoms in total. The summed E-state index contributed by atoms with van der Waals surface area (Å²) in [5.74, 6) is -0.555. The van der Waals surface area contributed by atoms with Crippen LogP contribution < -0.4 is 11.1 Å². The number of halogens is 1. The largest absolute Gasteiger partial charge is 0.386 e. The molecule has 0 aliphatic carbocycles. The fraction of sp³-hybridized carbons (Fsp3) is 0.286. The van der Waals surface area contributed by atoms with Crippen LogP contribution in [0.15, 0.2) is 40.8 Å². The second-order valence-corrected chi connectivity index (χ2v) is 11.8. The van der Waals surface area contributed by atoms with E-state index in [0.717, 1.165) is 10.4 Å². The minimum atomic E-state index is -3.16. The van der Waals surface area contributed by atoms with Gasteiger partial charge >= 0.3 is 0 Å². The van der Waals surface area contributed by atoms with Gasteiger partial charge in [-0.2, -0.15) is 15.9 Å². The molecule has 5 N–H and O–H groups in total. The van der Waals surface area contributed by atoms with Crippen LogP contribution in [0.1, 0.15) is 31.9 Å². The van der Waals surface area contributed by atoms with Crippen molar-refractivity contribution in [2.24, 2.45) is 10.7 Å². The van der Waals surface area contributed by atoms with Gasteiger partial charge in [0.1, 0.15) is 33.5 Å². The molecule has 2 aromatic heterocycles. The highest BCUT2D eigenvalue weighted by Gasteiger charge is 2.49. The molecule has 0 amide bonds. The molecule has 0 saturated heterocycles. The fourth-order valence-corrected chi connectivity index (χ4v) is 6.18. The maximum Gasteiger partial charge on any atom is 0.129 e. The summed E-state index contributed by atoms with van der Waals surface area (Å²) in [7, 11) is -3.16. The van der Waals surface area contributed by atoms with Gasteiger partial charge in [0.15, 0.2) is 0 Å². The second kappa shape index (κ2) is 7.17. The van der Waals surface area contributed by atoms with Crippen LogP contribution in [0.5, 0.6) is 0 Å². The number of pyridine rings is 1. The lowest BCUT2D eigenvalue weighted by Crippen LogP contribution is -2.52. The lowest BCUT2D eigenvalue weighted by molar-refractivity contribution is 0.417. The Morgan fingerprint density at radius 3 is 2.71 bits per heavy atom. The van der Waals surface area contributed by atoms with Gasteiger partial charge in [-0.15, -0.1) is 11.3 Å². The van der Waals surface area contributed by atoms with Crippen LogP contribution >= 0.6 is 21.9 Å². The van der Waals surface area contributed by atoms with Crippen LogP contribution in [0.3, 0.4) is 0 Å². The van der Waals surface area contributed by atoms with Crippen molar-refractivity contribution in [3.05, 3.63) is 52.8 Å². The number of nitrogens with two attached hydrogens (primary N) is 1. The molecular formula is C21H22FN5O2S2. The lowest BCUT2D eigenvalue weighted by atomic mass is 9.92. The third kappa shape index (κ3) is 3.53. The summed E-state index contributed by atoms with van der Waals surface area (Å²) < 4.78 is 36.0. The second-order valence-electron chi connectivity index (χ2n) is 8.24. The Morgan fingerprint density at radius 2 is 2.03 bits per heavy atom. The van der Waals surface area contributed by atoms with Crippen LogP contribution in [0.2, 0.25) is 0 Å². The molecule has 10 heteroatoms. The molecule has 4 rings (SSSR count). The highest BCUT2D eigenvalue weighted by atomic mass is 32.3. The molecule has 0 unspecified atom stereocenters. The zero-order chi connectivity index (χ0) is 22.6. The normalized spacial score (nSPS) is 23.1. The summed E-state index contributed by atoms with van der Waals surface area (Å²) in [5.41, 5.74) is 7.57. The van der Waals surface area contributed by atoms with Gasteiger partial charge in [0, 0.05) is 22.8 Å². The van der Waals surface area contributed by atoms with Crippen molar-refractivity contribution in [1.29, 1.82) is 5.26 Å². The highest BCUT2D eigenvalue weighted by Crippen LogP contribution is 2.59. The van der Waals surface area contributed by atoms with Crippen LogP contribution in [0.4, 0.5) is 15.8 Å². The Balaban J connectivity index is 1.73. The molecule has 3 aromatic rings. The molecule has 31 heavy (non-hydrogen) atoms. The zero-order valence-electron chi connectivity index (χ0n) is 17.2. The molecule has 1 aliphatic rings. The Morgan fingerprint density at radius 1 is 1.29 bits per heavy atom. The number of nitriles is 1. The number of hydrogen-bond donors (Lipinski definition) is 4. The molecule has 0 fully saturated rings. The van der Waals surface area contributed by atoms with Gasteiger partial charge in [0.05, 0.1) is 21.7 Å². The van der Waals surface area contributed by atoms with Crippen molar-refractivity contribution in [3.63, 3.8) is 0 Å². The van der Waals surface area contributed by atoms with Crippen molar-refractivity contribution in [1.82, 2.24) is 4.98 Å². The number of amidine groups is 1. The number of aliphatic imine (C=N–C) groups is 1. The van der Waals surface area contributed by atoms with Crippen molar-refractivity contribution in [3.8, 4) is 6.07 Å². The van der Waals surface area contributed by atoms with Gasteiger partial charge in [-0.05, 0) is 45.0 Å². The predicted molar refractivity (Wildman–Crippen MR) is 125 cm³/mol. The summed E-state index contributed by atoms with van der Waals surface area (Å²) in [6.07, 6.45) is 1.50. The smallest absolute Gasteiger partial charge is 0.129 e. The van der Waals surface area contributed by atoms with E-state index in [0.29, 0.717) is 16.8 Å². The topological polar surface area (TPSA) is 128 Å². The van der Waals surface area contributed by atoms with Crippen LogP contribution in [-0.4, -0.2) is 30.4 Å². The van der Waals surface area contributed by atoms with E-state index >= 15 is 0 Å². The van der Waals surface area contributed by atoms with Gasteiger partial charge in [0.2, 0.25) is 0 Å². The quantitative estimate of drug-likeness (QED) is 0.428. The minimum Gasteiger partial charge on any atom is -0.386 e. The third-order valence-corrected chi connectivity index (χ3v) is 9.38. The molecule has 3 heterocycles. The Kier molecular flexibility index (Phi) is 4.98. The van der Waals surface area contributed by atoms with Crippen molar-refractivity contribution >= 4 is 49.4 Å². The summed E-state index contributed by atoms with van der Waals surface area (Å²) in [6.45, 7) is 4.90. The number of aromatic nitrogens is 1. The number of nitrogens with one attached hydrogen (secondary N) is 1. The molecule has 1 aliphatic heterocycles. The predicted octanol–water partition coefficient (Wildman–Crippen LogP) is 5.17. The summed E-state index contributed by atoms with van der Waals surface area (Å²) in [5, 5.41) is 14.2. The standard InChI is InChI=1S/C21H22FN5O2S2/c1-20(2)19(24)27-21(3,11-31(20,28)29)14-7-13(4-5-15(14)22)26-16-10-30-17-6-12(8-23)9-25-18(16)17/h4-7,9-10,26,28-29H,11H2,1-3H3,(H2,24,27)/t21-/m0/s1. The molecule has 1 atom stereocenters. The first-order chi connectivity index (χ1) is 14.5. The zero-order valence-corrected chi connectivity index (χ0v) is 18.8. The van der Waals surface area contributed by atoms with E-state index in [4.69, 9.17) is 11.0 Å². The average molecular weight is 460 g/mol. The molecule has 162 valence electrons. The molecular weight excluding hydrogens is 437 g/mol. The first kappa shape index (κ1) is 21.5. The number of hydrogen-bond acceptors (Lipinski definition) is 8. The molecule has 0 saturated carbocycles. The van der Waals surface area contributed by atoms with Crippen molar-refractivity contribution in [2.75, 3.05) is 11.1 Å². The number of anilines is 2. The van der Waals surface area contributed by atoms with E-state index in [2.05, 4.69) is 21.4 Å². The highest BCUT2D eigenvalue weighted by molar-refractivity contribution is 8.26. The van der Waals surface area contributed by atoms with Crippen LogP contribution in [-0.2, 0) is 5.54 Å². The number of nitrogens with zero attached hydrogens (tertiary/aromatic N) is 3. The number of rotatable bonds is 3. The first-order valence-corrected chi connectivity index (χ1v) is 12.0. The van der Waals surface area contributed by atoms with E-state index in [1.54, 1.807) is 39.0 Å². The molecule has 0 bridgehead atoms. The number of benzene rings is 1. The summed E-state index contributed by atoms with van der Waals surface area (Å²) in [4.78, 5) is 8.83. The summed E-state index contributed by atoms with van der Waals surface area (Å²) >= 11 is 1.45. The fourth-order valence-electron chi connectivity index (χ4n) is 3.55.